The second-order valence-corrected chi connectivity index (χ2v) is 6.64. The monoisotopic (exact) mass is 366 g/mol. The van der Waals surface area contributed by atoms with Gasteiger partial charge in [0.05, 0.1) is 11.0 Å². The van der Waals surface area contributed by atoms with Gasteiger partial charge in [-0.05, 0) is 26.0 Å². The molecule has 7 nitrogen and oxygen atoms in total. The minimum Gasteiger partial charge on any atom is -0.377 e. The van der Waals surface area contributed by atoms with E-state index in [2.05, 4.69) is 20.7 Å². The summed E-state index contributed by atoms with van der Waals surface area (Å²) < 4.78 is 32.2. The second-order valence-electron chi connectivity index (χ2n) is 3.99. The van der Waals surface area contributed by atoms with E-state index in [-0.39, 0.29) is 17.5 Å². The van der Waals surface area contributed by atoms with Crippen molar-refractivity contribution in [3.63, 3.8) is 0 Å². The Balaban J connectivity index is 3.03. The van der Waals surface area contributed by atoms with Crippen molar-refractivity contribution in [2.75, 3.05) is 13.2 Å². The van der Waals surface area contributed by atoms with Crippen LogP contribution in [0.3, 0.4) is 0 Å². The van der Waals surface area contributed by atoms with Crippen LogP contribution in [0.4, 0.5) is 5.69 Å². The highest BCUT2D eigenvalue weighted by Gasteiger charge is 2.26. The molecule has 1 rings (SSSR count). The van der Waals surface area contributed by atoms with Gasteiger partial charge >= 0.3 is 0 Å². The van der Waals surface area contributed by atoms with E-state index >= 15 is 0 Å². The molecule has 1 N–H and O–H groups in total. The molecule has 0 saturated carbocycles. The van der Waals surface area contributed by atoms with E-state index in [0.717, 1.165) is 6.07 Å². The van der Waals surface area contributed by atoms with Crippen LogP contribution in [-0.2, 0) is 14.8 Å². The van der Waals surface area contributed by atoms with Crippen LogP contribution >= 0.6 is 15.9 Å². The maximum atomic E-state index is 12.1. The van der Waals surface area contributed by atoms with Gasteiger partial charge in [-0.15, -0.1) is 0 Å². The van der Waals surface area contributed by atoms with Crippen LogP contribution in [-0.4, -0.2) is 32.6 Å². The minimum atomic E-state index is -3.97. The summed E-state index contributed by atoms with van der Waals surface area (Å²) in [6.07, 6.45) is -0.319. The summed E-state index contributed by atoms with van der Waals surface area (Å²) >= 11 is 3.10. The van der Waals surface area contributed by atoms with E-state index in [9.17, 15) is 18.5 Å². The van der Waals surface area contributed by atoms with Gasteiger partial charge in [0.15, 0.2) is 4.90 Å². The Labute approximate surface area is 125 Å². The Morgan fingerprint density at radius 1 is 1.50 bits per heavy atom. The fourth-order valence-electron chi connectivity index (χ4n) is 1.50. The van der Waals surface area contributed by atoms with E-state index in [1.54, 1.807) is 13.8 Å². The van der Waals surface area contributed by atoms with Gasteiger partial charge in [0.2, 0.25) is 10.0 Å². The number of nitro benzene ring substituents is 1. The van der Waals surface area contributed by atoms with Gasteiger partial charge in [-0.3, -0.25) is 10.1 Å². The van der Waals surface area contributed by atoms with Crippen molar-refractivity contribution in [2.24, 2.45) is 0 Å². The first-order valence-corrected chi connectivity index (χ1v) is 8.10. The molecule has 9 heteroatoms. The number of nitrogens with zero attached hydrogens (tertiary/aromatic N) is 1. The molecule has 112 valence electrons. The first kappa shape index (κ1) is 17.0. The molecule has 0 radical (unpaired) electrons. The summed E-state index contributed by atoms with van der Waals surface area (Å²) in [7, 11) is -3.97. The lowest BCUT2D eigenvalue weighted by atomic mass is 10.3. The van der Waals surface area contributed by atoms with Crippen LogP contribution in [0.2, 0.25) is 0 Å². The van der Waals surface area contributed by atoms with Gasteiger partial charge in [-0.2, -0.15) is 0 Å². The number of ether oxygens (including phenoxy) is 1. The van der Waals surface area contributed by atoms with Crippen molar-refractivity contribution in [1.82, 2.24) is 4.72 Å². The van der Waals surface area contributed by atoms with Crippen molar-refractivity contribution in [2.45, 2.75) is 24.8 Å². The predicted octanol–water partition coefficient (Wildman–Crippen LogP) is 2.06. The van der Waals surface area contributed by atoms with E-state index < -0.39 is 20.6 Å². The zero-order chi connectivity index (χ0) is 15.3. The third-order valence-electron chi connectivity index (χ3n) is 2.42. The number of halogens is 1. The lowest BCUT2D eigenvalue weighted by molar-refractivity contribution is -0.387. The molecule has 0 saturated heterocycles. The molecular weight excluding hydrogens is 352 g/mol. The van der Waals surface area contributed by atoms with Gasteiger partial charge in [-0.1, -0.05) is 15.9 Å². The summed E-state index contributed by atoms with van der Waals surface area (Å²) in [4.78, 5) is 9.79. The first-order chi connectivity index (χ1) is 9.27. The normalized spacial score (nSPS) is 13.2. The minimum absolute atomic E-state index is 0.0415. The summed E-state index contributed by atoms with van der Waals surface area (Å²) in [6, 6.07) is 3.76. The summed E-state index contributed by atoms with van der Waals surface area (Å²) in [5.41, 5.74) is -0.468. The number of sulfonamides is 1. The molecule has 1 aromatic rings. The molecule has 0 bridgehead atoms. The van der Waals surface area contributed by atoms with E-state index in [4.69, 9.17) is 4.74 Å². The van der Waals surface area contributed by atoms with Crippen molar-refractivity contribution in [3.05, 3.63) is 32.8 Å². The number of hydrogen-bond acceptors (Lipinski definition) is 5. The molecule has 1 atom stereocenters. The highest BCUT2D eigenvalue weighted by atomic mass is 79.9. The first-order valence-electron chi connectivity index (χ1n) is 5.83. The molecule has 0 aliphatic rings. The van der Waals surface area contributed by atoms with Gasteiger partial charge in [0, 0.05) is 23.7 Å². The van der Waals surface area contributed by atoms with Crippen molar-refractivity contribution in [1.29, 1.82) is 0 Å². The van der Waals surface area contributed by atoms with Crippen LogP contribution in [0.25, 0.3) is 0 Å². The van der Waals surface area contributed by atoms with Gasteiger partial charge in [0.1, 0.15) is 0 Å². The molecule has 1 aromatic carbocycles. The van der Waals surface area contributed by atoms with Crippen LogP contribution in [0.1, 0.15) is 13.8 Å². The molecule has 0 aromatic heterocycles. The Morgan fingerprint density at radius 3 is 2.70 bits per heavy atom. The molecule has 0 fully saturated rings. The Morgan fingerprint density at radius 2 is 2.15 bits per heavy atom. The second kappa shape index (κ2) is 7.11. The zero-order valence-electron chi connectivity index (χ0n) is 11.0. The lowest BCUT2D eigenvalue weighted by Crippen LogP contribution is -2.32. The van der Waals surface area contributed by atoms with Gasteiger partial charge in [-0.25, -0.2) is 13.1 Å². The van der Waals surface area contributed by atoms with E-state index in [1.165, 1.54) is 12.1 Å². The molecule has 1 unspecified atom stereocenters. The number of nitrogens with one attached hydrogen (secondary N) is 1. The average Bonchev–Trinajstić information content (AvgIpc) is 2.36. The highest BCUT2D eigenvalue weighted by Crippen LogP contribution is 2.26. The molecule has 0 amide bonds. The smallest absolute Gasteiger partial charge is 0.289 e. The van der Waals surface area contributed by atoms with E-state index in [1.807, 2.05) is 0 Å². The standard InChI is InChI=1S/C11H15BrN2O5S/c1-3-19-8(2)7-13-20(17,18)11-6-9(12)4-5-10(11)14(15)16/h4-6,8,13H,3,7H2,1-2H3. The average molecular weight is 367 g/mol. The molecule has 0 spiro atoms. The quantitative estimate of drug-likeness (QED) is 0.588. The maximum Gasteiger partial charge on any atom is 0.289 e. The van der Waals surface area contributed by atoms with Gasteiger partial charge in [0.25, 0.3) is 5.69 Å². The Hall–Kier alpha value is -1.03. The molecule has 0 heterocycles. The summed E-state index contributed by atoms with van der Waals surface area (Å²) in [6.45, 7) is 4.01. The lowest BCUT2D eigenvalue weighted by Gasteiger charge is -2.13. The SMILES string of the molecule is CCOC(C)CNS(=O)(=O)c1cc(Br)ccc1[N+](=O)[O-]. The molecule has 20 heavy (non-hydrogen) atoms. The largest absolute Gasteiger partial charge is 0.377 e. The number of benzene rings is 1. The Bertz CT molecular complexity index is 590. The fraction of sp³-hybridized carbons (Fsp3) is 0.455. The summed E-state index contributed by atoms with van der Waals surface area (Å²) in [5, 5.41) is 10.9. The number of rotatable bonds is 7. The van der Waals surface area contributed by atoms with Gasteiger partial charge < -0.3 is 4.74 Å². The van der Waals surface area contributed by atoms with Crippen molar-refractivity contribution in [3.8, 4) is 0 Å². The number of nitro groups is 1. The number of hydrogen-bond donors (Lipinski definition) is 1. The zero-order valence-corrected chi connectivity index (χ0v) is 13.4. The maximum absolute atomic E-state index is 12.1. The van der Waals surface area contributed by atoms with Crippen LogP contribution < -0.4 is 4.72 Å². The van der Waals surface area contributed by atoms with Crippen LogP contribution in [0, 0.1) is 10.1 Å². The third-order valence-corrected chi connectivity index (χ3v) is 4.37. The van der Waals surface area contributed by atoms with E-state index in [0.29, 0.717) is 11.1 Å². The van der Waals surface area contributed by atoms with Crippen LogP contribution in [0.5, 0.6) is 0 Å². The fourth-order valence-corrected chi connectivity index (χ4v) is 3.32. The topological polar surface area (TPSA) is 98.5 Å². The van der Waals surface area contributed by atoms with Crippen LogP contribution in [0.15, 0.2) is 27.6 Å². The molecular formula is C11H15BrN2O5S. The Kier molecular flexibility index (Phi) is 6.06. The highest BCUT2D eigenvalue weighted by molar-refractivity contribution is 9.10. The predicted molar refractivity (Wildman–Crippen MR) is 77.1 cm³/mol. The molecule has 0 aliphatic carbocycles. The van der Waals surface area contributed by atoms with Crippen molar-refractivity contribution < 1.29 is 18.1 Å². The summed E-state index contributed by atoms with van der Waals surface area (Å²) in [5.74, 6) is 0. The van der Waals surface area contributed by atoms with Crippen molar-refractivity contribution >= 4 is 31.6 Å². The third kappa shape index (κ3) is 4.51. The molecule has 0 aliphatic heterocycles.